The van der Waals surface area contributed by atoms with Gasteiger partial charge in [0.25, 0.3) is 11.8 Å². The number of aromatic nitrogens is 5. The molecule has 0 aromatic carbocycles. The molecule has 0 aliphatic rings. The number of nitrogens with one attached hydrogen (secondary N) is 2. The van der Waals surface area contributed by atoms with Crippen molar-refractivity contribution in [3.8, 4) is 5.82 Å². The highest BCUT2D eigenvalue weighted by Crippen LogP contribution is 2.30. The lowest BCUT2D eigenvalue weighted by molar-refractivity contribution is 0.0947. The van der Waals surface area contributed by atoms with Gasteiger partial charge in [0.2, 0.25) is 0 Å². The van der Waals surface area contributed by atoms with Gasteiger partial charge in [-0.25, -0.2) is 14.2 Å². The molecule has 164 valence electrons. The number of amides is 2. The predicted octanol–water partition coefficient (Wildman–Crippen LogP) is 4.38. The summed E-state index contributed by atoms with van der Waals surface area (Å²) in [5.41, 5.74) is 0.981. The van der Waals surface area contributed by atoms with Crippen molar-refractivity contribution in [1.82, 2.24) is 29.7 Å². The molecule has 0 spiro atoms. The third-order valence-corrected chi connectivity index (χ3v) is 5.46. The predicted molar refractivity (Wildman–Crippen MR) is 125 cm³/mol. The van der Waals surface area contributed by atoms with Crippen LogP contribution in [-0.4, -0.2) is 42.7 Å². The van der Waals surface area contributed by atoms with Crippen molar-refractivity contribution < 1.29 is 9.59 Å². The van der Waals surface area contributed by atoms with Crippen LogP contribution in [0.3, 0.4) is 0 Å². The second-order valence-electron chi connectivity index (χ2n) is 6.67. The summed E-state index contributed by atoms with van der Waals surface area (Å²) in [6, 6.07) is 8.15. The second kappa shape index (κ2) is 9.27. The zero-order chi connectivity index (χ0) is 22.8. The molecule has 0 aliphatic carbocycles. The molecule has 32 heavy (non-hydrogen) atoms. The third kappa shape index (κ3) is 4.21. The van der Waals surface area contributed by atoms with Gasteiger partial charge >= 0.3 is 0 Å². The van der Waals surface area contributed by atoms with E-state index in [-0.39, 0.29) is 27.9 Å². The van der Waals surface area contributed by atoms with Crippen molar-refractivity contribution in [2.24, 2.45) is 0 Å². The van der Waals surface area contributed by atoms with Crippen LogP contribution in [0.15, 0.2) is 47.3 Å². The SMILES string of the molecule is CCCNC(=O)c1c(NC(=O)c2cc(Br)nn2-c2ncccc2Cl)c(Cl)cc2ccnn12. The van der Waals surface area contributed by atoms with Crippen LogP contribution in [0.4, 0.5) is 5.69 Å². The van der Waals surface area contributed by atoms with Gasteiger partial charge in [0, 0.05) is 18.8 Å². The van der Waals surface area contributed by atoms with Gasteiger partial charge in [-0.15, -0.1) is 0 Å². The number of carbonyl (C=O) groups is 2. The highest BCUT2D eigenvalue weighted by molar-refractivity contribution is 9.10. The summed E-state index contributed by atoms with van der Waals surface area (Å²) in [5.74, 6) is -0.705. The molecule has 0 saturated heterocycles. The fourth-order valence-corrected chi connectivity index (χ4v) is 3.89. The van der Waals surface area contributed by atoms with Crippen LogP contribution in [0, 0.1) is 0 Å². The first kappa shape index (κ1) is 22.3. The second-order valence-corrected chi connectivity index (χ2v) is 8.29. The lowest BCUT2D eigenvalue weighted by atomic mass is 10.2. The number of hydrogen-bond acceptors (Lipinski definition) is 5. The Morgan fingerprint density at radius 2 is 1.94 bits per heavy atom. The maximum absolute atomic E-state index is 13.3. The average Bonchev–Trinajstić information content (AvgIpc) is 3.38. The van der Waals surface area contributed by atoms with E-state index in [0.29, 0.717) is 21.7 Å². The number of pyridine rings is 2. The molecule has 4 heterocycles. The summed E-state index contributed by atoms with van der Waals surface area (Å²) in [5, 5.41) is 14.5. The van der Waals surface area contributed by atoms with Crippen molar-refractivity contribution in [2.75, 3.05) is 11.9 Å². The molecule has 0 aliphatic heterocycles. The van der Waals surface area contributed by atoms with Crippen molar-refractivity contribution in [3.05, 3.63) is 68.8 Å². The average molecular weight is 537 g/mol. The molecule has 0 fully saturated rings. The van der Waals surface area contributed by atoms with Crippen LogP contribution >= 0.6 is 39.1 Å². The molecular formula is C20H16BrCl2N7O2. The van der Waals surface area contributed by atoms with Crippen molar-refractivity contribution >= 4 is 62.2 Å². The molecule has 4 aromatic heterocycles. The molecule has 0 atom stereocenters. The molecule has 4 aromatic rings. The molecule has 12 heteroatoms. The van der Waals surface area contributed by atoms with Gasteiger partial charge in [0.15, 0.2) is 11.5 Å². The van der Waals surface area contributed by atoms with Gasteiger partial charge in [-0.2, -0.15) is 10.2 Å². The molecule has 0 radical (unpaired) electrons. The number of fused-ring (bicyclic) bond motifs is 1. The van der Waals surface area contributed by atoms with Crippen LogP contribution in [0.25, 0.3) is 11.3 Å². The van der Waals surface area contributed by atoms with Crippen LogP contribution in [-0.2, 0) is 0 Å². The normalized spacial score (nSPS) is 11.0. The number of rotatable bonds is 6. The van der Waals surface area contributed by atoms with E-state index < -0.39 is 11.8 Å². The Bertz CT molecular complexity index is 1330. The Labute approximate surface area is 200 Å². The van der Waals surface area contributed by atoms with Gasteiger partial charge in [0.05, 0.1) is 27.4 Å². The topological polar surface area (TPSA) is 106 Å². The van der Waals surface area contributed by atoms with Gasteiger partial charge in [0.1, 0.15) is 10.3 Å². The standard InChI is InChI=1S/C20H16BrCl2N7O2/c1-2-6-25-20(32)17-16(13(23)9-11-5-8-26-29(11)17)27-19(31)14-10-15(21)28-30(14)18-12(22)4-3-7-24-18/h3-5,7-10H,2,6H2,1H3,(H,25,32)(H,27,31). The summed E-state index contributed by atoms with van der Waals surface area (Å²) in [6.07, 6.45) is 3.83. The fourth-order valence-electron chi connectivity index (χ4n) is 3.07. The van der Waals surface area contributed by atoms with Gasteiger partial charge in [-0.05, 0) is 46.6 Å². The highest BCUT2D eigenvalue weighted by Gasteiger charge is 2.24. The lowest BCUT2D eigenvalue weighted by Gasteiger charge is -2.15. The summed E-state index contributed by atoms with van der Waals surface area (Å²) in [4.78, 5) is 30.4. The van der Waals surface area contributed by atoms with E-state index in [1.54, 1.807) is 30.5 Å². The molecule has 0 saturated carbocycles. The number of nitrogens with zero attached hydrogens (tertiary/aromatic N) is 5. The summed E-state index contributed by atoms with van der Waals surface area (Å²) >= 11 is 16.0. The summed E-state index contributed by atoms with van der Waals surface area (Å²) in [6.45, 7) is 2.39. The minimum Gasteiger partial charge on any atom is -0.351 e. The molecule has 2 amide bonds. The van der Waals surface area contributed by atoms with E-state index in [9.17, 15) is 9.59 Å². The lowest BCUT2D eigenvalue weighted by Crippen LogP contribution is -2.29. The van der Waals surface area contributed by atoms with Crippen LogP contribution < -0.4 is 10.6 Å². The van der Waals surface area contributed by atoms with E-state index in [1.165, 1.54) is 21.5 Å². The zero-order valence-corrected chi connectivity index (χ0v) is 19.7. The first-order valence-electron chi connectivity index (χ1n) is 9.53. The fraction of sp³-hybridized carbons (Fsp3) is 0.150. The highest BCUT2D eigenvalue weighted by atomic mass is 79.9. The van der Waals surface area contributed by atoms with Crippen LogP contribution in [0.5, 0.6) is 0 Å². The van der Waals surface area contributed by atoms with E-state index >= 15 is 0 Å². The summed E-state index contributed by atoms with van der Waals surface area (Å²) in [7, 11) is 0. The van der Waals surface area contributed by atoms with Crippen molar-refractivity contribution in [2.45, 2.75) is 13.3 Å². The maximum atomic E-state index is 13.3. The van der Waals surface area contributed by atoms with Crippen molar-refractivity contribution in [3.63, 3.8) is 0 Å². The van der Waals surface area contributed by atoms with Gasteiger partial charge in [-0.3, -0.25) is 9.59 Å². The van der Waals surface area contributed by atoms with E-state index in [1.807, 2.05) is 6.92 Å². The Balaban J connectivity index is 1.78. The molecular weight excluding hydrogens is 521 g/mol. The van der Waals surface area contributed by atoms with Crippen LogP contribution in [0.2, 0.25) is 10.0 Å². The number of carbonyl (C=O) groups excluding carboxylic acids is 2. The Morgan fingerprint density at radius 3 is 2.69 bits per heavy atom. The quantitative estimate of drug-likeness (QED) is 0.380. The minimum atomic E-state index is -0.567. The Hall–Kier alpha value is -2.95. The monoisotopic (exact) mass is 535 g/mol. The smallest absolute Gasteiger partial charge is 0.274 e. The van der Waals surface area contributed by atoms with E-state index in [0.717, 1.165) is 6.42 Å². The molecule has 4 rings (SSSR count). The minimum absolute atomic E-state index is 0.111. The Morgan fingerprint density at radius 1 is 1.12 bits per heavy atom. The molecule has 9 nitrogen and oxygen atoms in total. The maximum Gasteiger partial charge on any atom is 0.274 e. The van der Waals surface area contributed by atoms with Crippen LogP contribution in [0.1, 0.15) is 34.3 Å². The van der Waals surface area contributed by atoms with E-state index in [2.05, 4.69) is 41.7 Å². The third-order valence-electron chi connectivity index (χ3n) is 4.48. The molecule has 0 bridgehead atoms. The van der Waals surface area contributed by atoms with Crippen molar-refractivity contribution in [1.29, 1.82) is 0 Å². The number of anilines is 1. The number of hydrogen-bond donors (Lipinski definition) is 2. The van der Waals surface area contributed by atoms with E-state index in [4.69, 9.17) is 23.2 Å². The molecule has 2 N–H and O–H groups in total. The molecule has 0 unspecified atom stereocenters. The van der Waals surface area contributed by atoms with Gasteiger partial charge in [-0.1, -0.05) is 30.1 Å². The first-order chi connectivity index (χ1) is 15.4. The van der Waals surface area contributed by atoms with Gasteiger partial charge < -0.3 is 10.6 Å². The summed E-state index contributed by atoms with van der Waals surface area (Å²) < 4.78 is 3.13. The first-order valence-corrected chi connectivity index (χ1v) is 11.1. The largest absolute Gasteiger partial charge is 0.351 e. The zero-order valence-electron chi connectivity index (χ0n) is 16.6. The number of halogens is 3. The Kier molecular flexibility index (Phi) is 6.45.